The molecular weight excluding hydrogens is 395 g/mol. The van der Waals surface area contributed by atoms with Crippen LogP contribution in [-0.2, 0) is 6.42 Å². The Labute approximate surface area is 181 Å². The Kier molecular flexibility index (Phi) is 7.75. The summed E-state index contributed by atoms with van der Waals surface area (Å²) >= 11 is 0. The van der Waals surface area contributed by atoms with E-state index in [0.29, 0.717) is 30.2 Å². The van der Waals surface area contributed by atoms with E-state index in [1.807, 2.05) is 29.1 Å². The predicted molar refractivity (Wildman–Crippen MR) is 120 cm³/mol. The summed E-state index contributed by atoms with van der Waals surface area (Å²) in [6.45, 7) is 3.27. The molecule has 0 aliphatic rings. The molecule has 0 radical (unpaired) electrons. The Hall–Kier alpha value is -3.68. The monoisotopic (exact) mass is 422 g/mol. The van der Waals surface area contributed by atoms with Crippen LogP contribution in [0.15, 0.2) is 65.9 Å². The average Bonchev–Trinajstić information content (AvgIpc) is 3.32. The molecule has 0 aliphatic heterocycles. The fraction of sp³-hybridized carbons (Fsp3) is 0.261. The summed E-state index contributed by atoms with van der Waals surface area (Å²) in [5.74, 6) is -0.0302. The molecule has 8 heteroatoms. The number of aryl methyl sites for hydroxylation is 1. The zero-order valence-electron chi connectivity index (χ0n) is 17.7. The van der Waals surface area contributed by atoms with Crippen molar-refractivity contribution in [1.29, 1.82) is 0 Å². The molecule has 31 heavy (non-hydrogen) atoms. The van der Waals surface area contributed by atoms with Crippen molar-refractivity contribution in [2.45, 2.75) is 13.3 Å². The molecule has 3 aromatic rings. The minimum Gasteiger partial charge on any atom is -0.356 e. The number of aromatic nitrogens is 2. The molecule has 1 amide bonds. The Bertz CT molecular complexity index is 1020. The first kappa shape index (κ1) is 22.0. The number of carbonyl (C=O) groups excluding carboxylic acids is 1. The Balaban J connectivity index is 1.36. The van der Waals surface area contributed by atoms with Crippen LogP contribution in [-0.4, -0.2) is 48.3 Å². The van der Waals surface area contributed by atoms with Crippen molar-refractivity contribution in [2.24, 2.45) is 4.99 Å². The van der Waals surface area contributed by atoms with Crippen LogP contribution in [0.5, 0.6) is 0 Å². The highest BCUT2D eigenvalue weighted by Gasteiger charge is 2.07. The van der Waals surface area contributed by atoms with E-state index < -0.39 is 0 Å². The number of benzene rings is 2. The SMILES string of the molecule is CN=C(NCCNC(=O)c1ccc(C)c(F)c1)NCCc1ccc(-n2cccn2)cc1. The first-order chi connectivity index (χ1) is 15.1. The van der Waals surface area contributed by atoms with Gasteiger partial charge in [-0.15, -0.1) is 0 Å². The van der Waals surface area contributed by atoms with Gasteiger partial charge in [0, 0.05) is 44.6 Å². The van der Waals surface area contributed by atoms with Gasteiger partial charge in [0.25, 0.3) is 5.91 Å². The molecule has 2 aromatic carbocycles. The highest BCUT2D eigenvalue weighted by molar-refractivity contribution is 5.94. The van der Waals surface area contributed by atoms with E-state index in [2.05, 4.69) is 38.2 Å². The van der Waals surface area contributed by atoms with Crippen molar-refractivity contribution < 1.29 is 9.18 Å². The van der Waals surface area contributed by atoms with Crippen LogP contribution in [0.3, 0.4) is 0 Å². The molecule has 7 nitrogen and oxygen atoms in total. The molecule has 0 fully saturated rings. The van der Waals surface area contributed by atoms with Crippen LogP contribution in [0.25, 0.3) is 5.69 Å². The summed E-state index contributed by atoms with van der Waals surface area (Å²) in [4.78, 5) is 16.3. The molecule has 162 valence electrons. The lowest BCUT2D eigenvalue weighted by atomic mass is 10.1. The number of hydrogen-bond acceptors (Lipinski definition) is 3. The van der Waals surface area contributed by atoms with E-state index >= 15 is 0 Å². The summed E-state index contributed by atoms with van der Waals surface area (Å²) < 4.78 is 15.4. The molecule has 0 spiro atoms. The van der Waals surface area contributed by atoms with Crippen molar-refractivity contribution in [3.63, 3.8) is 0 Å². The molecule has 0 bridgehead atoms. The zero-order valence-corrected chi connectivity index (χ0v) is 17.7. The molecule has 0 unspecified atom stereocenters. The normalized spacial score (nSPS) is 11.3. The molecule has 3 rings (SSSR count). The highest BCUT2D eigenvalue weighted by Crippen LogP contribution is 2.09. The maximum absolute atomic E-state index is 13.6. The molecule has 1 heterocycles. The van der Waals surface area contributed by atoms with E-state index in [9.17, 15) is 9.18 Å². The topological polar surface area (TPSA) is 83.3 Å². The summed E-state index contributed by atoms with van der Waals surface area (Å²) in [6.07, 6.45) is 4.51. The number of amides is 1. The molecular formula is C23H27FN6O. The van der Waals surface area contributed by atoms with Gasteiger partial charge in [-0.3, -0.25) is 9.79 Å². The lowest BCUT2D eigenvalue weighted by Gasteiger charge is -2.13. The van der Waals surface area contributed by atoms with E-state index in [4.69, 9.17) is 0 Å². The number of carbonyl (C=O) groups is 1. The van der Waals surface area contributed by atoms with Crippen LogP contribution in [0.2, 0.25) is 0 Å². The molecule has 0 saturated heterocycles. The van der Waals surface area contributed by atoms with Crippen molar-refractivity contribution in [3.05, 3.63) is 83.4 Å². The largest absolute Gasteiger partial charge is 0.356 e. The summed E-state index contributed by atoms with van der Waals surface area (Å²) in [5, 5.41) is 13.4. The Morgan fingerprint density at radius 2 is 1.81 bits per heavy atom. The van der Waals surface area contributed by atoms with Gasteiger partial charge >= 0.3 is 0 Å². The smallest absolute Gasteiger partial charge is 0.251 e. The second-order valence-corrected chi connectivity index (χ2v) is 7.01. The first-order valence-corrected chi connectivity index (χ1v) is 10.1. The molecule has 0 saturated carbocycles. The molecule has 0 atom stereocenters. The van der Waals surface area contributed by atoms with Crippen LogP contribution >= 0.6 is 0 Å². The van der Waals surface area contributed by atoms with Crippen molar-refractivity contribution in [1.82, 2.24) is 25.7 Å². The fourth-order valence-electron chi connectivity index (χ4n) is 2.98. The van der Waals surface area contributed by atoms with E-state index in [1.165, 1.54) is 11.6 Å². The summed E-state index contributed by atoms with van der Waals surface area (Å²) in [7, 11) is 1.70. The van der Waals surface area contributed by atoms with Gasteiger partial charge in [-0.25, -0.2) is 9.07 Å². The second kappa shape index (κ2) is 10.9. The van der Waals surface area contributed by atoms with Crippen molar-refractivity contribution in [3.8, 4) is 5.69 Å². The van der Waals surface area contributed by atoms with Gasteiger partial charge in [-0.1, -0.05) is 18.2 Å². The van der Waals surface area contributed by atoms with Crippen LogP contribution < -0.4 is 16.0 Å². The van der Waals surface area contributed by atoms with Gasteiger partial charge in [0.1, 0.15) is 5.82 Å². The second-order valence-electron chi connectivity index (χ2n) is 7.01. The average molecular weight is 423 g/mol. The van der Waals surface area contributed by atoms with E-state index in [0.717, 1.165) is 18.7 Å². The molecule has 0 aliphatic carbocycles. The van der Waals surface area contributed by atoms with Gasteiger partial charge in [0.05, 0.1) is 5.69 Å². The minimum atomic E-state index is -0.383. The number of aliphatic imine (C=N–C) groups is 1. The summed E-state index contributed by atoms with van der Waals surface area (Å²) in [5.41, 5.74) is 3.05. The van der Waals surface area contributed by atoms with Crippen molar-refractivity contribution >= 4 is 11.9 Å². The van der Waals surface area contributed by atoms with Gasteiger partial charge in [-0.2, -0.15) is 5.10 Å². The van der Waals surface area contributed by atoms with Crippen molar-refractivity contribution in [2.75, 3.05) is 26.7 Å². The van der Waals surface area contributed by atoms with Gasteiger partial charge in [-0.05, 0) is 54.8 Å². The number of nitrogens with one attached hydrogen (secondary N) is 3. The van der Waals surface area contributed by atoms with E-state index in [1.54, 1.807) is 32.3 Å². The van der Waals surface area contributed by atoms with Crippen LogP contribution in [0.1, 0.15) is 21.5 Å². The number of hydrogen-bond donors (Lipinski definition) is 3. The van der Waals surface area contributed by atoms with Gasteiger partial charge < -0.3 is 16.0 Å². The lowest BCUT2D eigenvalue weighted by Crippen LogP contribution is -2.42. The Morgan fingerprint density at radius 3 is 2.48 bits per heavy atom. The standard InChI is InChI=1S/C23H27FN6O/c1-17-4-7-19(16-21(17)24)22(31)26-13-14-28-23(25-2)27-12-10-18-5-8-20(9-6-18)30-15-3-11-29-30/h3-9,11,15-16H,10,12-14H2,1-2H3,(H,26,31)(H2,25,27,28). The van der Waals surface area contributed by atoms with Gasteiger partial charge in [0.15, 0.2) is 5.96 Å². The van der Waals surface area contributed by atoms with E-state index in [-0.39, 0.29) is 11.7 Å². The van der Waals surface area contributed by atoms with Gasteiger partial charge in [0.2, 0.25) is 0 Å². The number of guanidine groups is 1. The molecule has 1 aromatic heterocycles. The Morgan fingerprint density at radius 1 is 1.06 bits per heavy atom. The highest BCUT2D eigenvalue weighted by atomic mass is 19.1. The zero-order chi connectivity index (χ0) is 22.1. The van der Waals surface area contributed by atoms with Crippen LogP contribution in [0.4, 0.5) is 4.39 Å². The number of nitrogens with zero attached hydrogens (tertiary/aromatic N) is 3. The maximum atomic E-state index is 13.6. The van der Waals surface area contributed by atoms with Crippen LogP contribution in [0, 0.1) is 12.7 Å². The molecule has 3 N–H and O–H groups in total. The maximum Gasteiger partial charge on any atom is 0.251 e. The summed E-state index contributed by atoms with van der Waals surface area (Å²) in [6, 6.07) is 14.6. The predicted octanol–water partition coefficient (Wildman–Crippen LogP) is 2.46. The fourth-order valence-corrected chi connectivity index (χ4v) is 2.98. The third kappa shape index (κ3) is 6.40. The minimum absolute atomic E-state index is 0.304. The number of rotatable bonds is 8. The number of halogens is 1. The third-order valence-corrected chi connectivity index (χ3v) is 4.77. The lowest BCUT2D eigenvalue weighted by molar-refractivity contribution is 0.0954. The first-order valence-electron chi connectivity index (χ1n) is 10.1. The third-order valence-electron chi connectivity index (χ3n) is 4.77. The quantitative estimate of drug-likeness (QED) is 0.296.